The van der Waals surface area contributed by atoms with E-state index in [4.69, 9.17) is 28.2 Å². The summed E-state index contributed by atoms with van der Waals surface area (Å²) in [5, 5.41) is 15.1. The maximum atomic E-state index is 9.53. The van der Waals surface area contributed by atoms with Crippen molar-refractivity contribution in [1.29, 1.82) is 5.26 Å². The van der Waals surface area contributed by atoms with E-state index in [0.29, 0.717) is 33.0 Å². The fraction of sp³-hybridized carbons (Fsp3) is 0.364. The Morgan fingerprint density at radius 1 is 1.24 bits per heavy atom. The van der Waals surface area contributed by atoms with Crippen LogP contribution in [0.4, 0.5) is 0 Å². The monoisotopic (exact) mass is 425 g/mol. The number of nitriles is 1. The Balaban J connectivity index is 1.83. The van der Waals surface area contributed by atoms with Crippen molar-refractivity contribution in [2.24, 2.45) is 11.8 Å². The Bertz CT molecular complexity index is 1160. The molecule has 0 aliphatic heterocycles. The zero-order valence-corrected chi connectivity index (χ0v) is 18.0. The van der Waals surface area contributed by atoms with E-state index in [-0.39, 0.29) is 11.7 Å². The van der Waals surface area contributed by atoms with Gasteiger partial charge in [-0.05, 0) is 54.9 Å². The first-order valence-electron chi connectivity index (χ1n) is 9.68. The summed E-state index contributed by atoms with van der Waals surface area (Å²) in [5.41, 5.74) is 4.26. The fourth-order valence-corrected chi connectivity index (χ4v) is 4.35. The van der Waals surface area contributed by atoms with E-state index in [0.717, 1.165) is 24.1 Å². The molecule has 0 saturated carbocycles. The molecule has 148 valence electrons. The molecule has 0 saturated heterocycles. The average molecular weight is 426 g/mol. The van der Waals surface area contributed by atoms with Gasteiger partial charge in [-0.1, -0.05) is 49.2 Å². The lowest BCUT2D eigenvalue weighted by Gasteiger charge is -2.25. The van der Waals surface area contributed by atoms with Gasteiger partial charge in [0.2, 0.25) is 0 Å². The predicted molar refractivity (Wildman–Crippen MR) is 116 cm³/mol. The van der Waals surface area contributed by atoms with Crippen LogP contribution in [0.25, 0.3) is 16.7 Å². The van der Waals surface area contributed by atoms with Crippen molar-refractivity contribution in [3.05, 3.63) is 57.5 Å². The molecule has 3 atom stereocenters. The average Bonchev–Trinajstić information content (AvgIpc) is 3.07. The molecule has 0 bridgehead atoms. The number of aromatic nitrogens is 4. The number of rotatable bonds is 3. The molecule has 2 heterocycles. The molecular weight excluding hydrogens is 405 g/mol. The van der Waals surface area contributed by atoms with E-state index in [1.54, 1.807) is 23.0 Å². The van der Waals surface area contributed by atoms with E-state index in [2.05, 4.69) is 36.1 Å². The molecule has 0 spiro atoms. The highest BCUT2D eigenvalue weighted by molar-refractivity contribution is 6.35. The van der Waals surface area contributed by atoms with Crippen molar-refractivity contribution in [1.82, 2.24) is 19.7 Å². The van der Waals surface area contributed by atoms with Gasteiger partial charge in [0, 0.05) is 10.0 Å². The van der Waals surface area contributed by atoms with E-state index < -0.39 is 0 Å². The summed E-state index contributed by atoms with van der Waals surface area (Å²) in [6, 6.07) is 7.28. The van der Waals surface area contributed by atoms with E-state index in [1.165, 1.54) is 5.57 Å². The maximum absolute atomic E-state index is 9.53. The summed E-state index contributed by atoms with van der Waals surface area (Å²) < 4.78 is 1.73. The molecule has 7 heteroatoms. The Morgan fingerprint density at radius 3 is 2.72 bits per heavy atom. The van der Waals surface area contributed by atoms with Gasteiger partial charge < -0.3 is 0 Å². The quantitative estimate of drug-likeness (QED) is 0.510. The first kappa shape index (κ1) is 19.9. The molecule has 0 amide bonds. The third-order valence-electron chi connectivity index (χ3n) is 5.87. The third kappa shape index (κ3) is 3.63. The van der Waals surface area contributed by atoms with Crippen molar-refractivity contribution in [3.63, 3.8) is 0 Å². The Kier molecular flexibility index (Phi) is 5.33. The first-order valence-corrected chi connectivity index (χ1v) is 10.4. The van der Waals surface area contributed by atoms with Crippen LogP contribution >= 0.6 is 23.2 Å². The number of allylic oxidation sites excluding steroid dienone is 2. The zero-order valence-electron chi connectivity index (χ0n) is 16.5. The summed E-state index contributed by atoms with van der Waals surface area (Å²) in [6.07, 6.45) is 6.02. The van der Waals surface area contributed by atoms with Crippen molar-refractivity contribution in [2.75, 3.05) is 0 Å². The van der Waals surface area contributed by atoms with Crippen molar-refractivity contribution < 1.29 is 0 Å². The van der Waals surface area contributed by atoms with Crippen LogP contribution in [-0.4, -0.2) is 19.7 Å². The fourth-order valence-electron chi connectivity index (χ4n) is 3.78. The summed E-state index contributed by atoms with van der Waals surface area (Å²) in [6.45, 7) is 6.52. The predicted octanol–water partition coefficient (Wildman–Crippen LogP) is 6.06. The third-order valence-corrected chi connectivity index (χ3v) is 6.43. The van der Waals surface area contributed by atoms with Crippen molar-refractivity contribution in [2.45, 2.75) is 39.7 Å². The van der Waals surface area contributed by atoms with Gasteiger partial charge in [-0.2, -0.15) is 10.4 Å². The molecule has 3 unspecified atom stereocenters. The van der Waals surface area contributed by atoms with Crippen LogP contribution in [-0.2, 0) is 0 Å². The van der Waals surface area contributed by atoms with E-state index in [9.17, 15) is 5.26 Å². The summed E-state index contributed by atoms with van der Waals surface area (Å²) in [4.78, 5) is 9.41. The minimum absolute atomic E-state index is 0.229. The molecule has 1 aliphatic carbocycles. The largest absolute Gasteiger partial charge is 0.247 e. The second kappa shape index (κ2) is 7.78. The molecule has 1 aliphatic rings. The molecular formula is C22H21Cl2N5. The SMILES string of the molecule is CC1CC=C(c2cnc3c(C#N)nn(C(C)c4ccc(Cl)cc4Cl)c3n2)CC1C. The Labute approximate surface area is 180 Å². The van der Waals surface area contributed by atoms with Crippen LogP contribution in [0.15, 0.2) is 30.5 Å². The standard InChI is InChI=1S/C22H21Cl2N5/c1-12-4-5-15(8-13(12)2)20-11-26-21-19(10-25)28-29(22(21)27-20)14(3)17-7-6-16(23)9-18(17)24/h5-7,9,11-14H,4,8H2,1-3H3. The van der Waals surface area contributed by atoms with Crippen LogP contribution in [0.1, 0.15) is 56.6 Å². The topological polar surface area (TPSA) is 67.4 Å². The minimum Gasteiger partial charge on any atom is -0.247 e. The molecule has 5 nitrogen and oxygen atoms in total. The molecule has 0 radical (unpaired) electrons. The normalized spacial score (nSPS) is 20.3. The number of hydrogen-bond acceptors (Lipinski definition) is 4. The molecule has 2 aromatic heterocycles. The number of benzene rings is 1. The smallest absolute Gasteiger partial charge is 0.190 e. The van der Waals surface area contributed by atoms with Gasteiger partial charge >= 0.3 is 0 Å². The highest BCUT2D eigenvalue weighted by atomic mass is 35.5. The number of fused-ring (bicyclic) bond motifs is 1. The van der Waals surface area contributed by atoms with Gasteiger partial charge in [-0.3, -0.25) is 0 Å². The Morgan fingerprint density at radius 2 is 2.03 bits per heavy atom. The van der Waals surface area contributed by atoms with Crippen molar-refractivity contribution in [3.8, 4) is 6.07 Å². The molecule has 29 heavy (non-hydrogen) atoms. The van der Waals surface area contributed by atoms with Crippen LogP contribution < -0.4 is 0 Å². The number of halogens is 2. The second-order valence-electron chi connectivity index (χ2n) is 7.80. The minimum atomic E-state index is -0.229. The molecule has 1 aromatic carbocycles. The second-order valence-corrected chi connectivity index (χ2v) is 8.64. The maximum Gasteiger partial charge on any atom is 0.190 e. The van der Waals surface area contributed by atoms with Gasteiger partial charge in [0.25, 0.3) is 0 Å². The zero-order chi connectivity index (χ0) is 20.7. The lowest BCUT2D eigenvalue weighted by Crippen LogP contribution is -2.14. The molecule has 0 fully saturated rings. The van der Waals surface area contributed by atoms with E-state index >= 15 is 0 Å². The first-order chi connectivity index (χ1) is 13.9. The van der Waals surface area contributed by atoms with E-state index in [1.807, 2.05) is 13.0 Å². The summed E-state index contributed by atoms with van der Waals surface area (Å²) in [5.74, 6) is 1.26. The van der Waals surface area contributed by atoms with Crippen LogP contribution in [0.5, 0.6) is 0 Å². The summed E-state index contributed by atoms with van der Waals surface area (Å²) in [7, 11) is 0. The molecule has 4 rings (SSSR count). The molecule has 3 aromatic rings. The van der Waals surface area contributed by atoms with Gasteiger partial charge in [-0.15, -0.1) is 0 Å². The molecule has 0 N–H and O–H groups in total. The highest BCUT2D eigenvalue weighted by Crippen LogP contribution is 2.35. The van der Waals surface area contributed by atoms with Gasteiger partial charge in [0.05, 0.1) is 17.9 Å². The lowest BCUT2D eigenvalue weighted by atomic mass is 9.81. The van der Waals surface area contributed by atoms with Crippen LogP contribution in [0.3, 0.4) is 0 Å². The van der Waals surface area contributed by atoms with Crippen LogP contribution in [0.2, 0.25) is 10.0 Å². The van der Waals surface area contributed by atoms with Gasteiger partial charge in [0.1, 0.15) is 11.6 Å². The Hall–Kier alpha value is -2.42. The number of hydrogen-bond donors (Lipinski definition) is 0. The summed E-state index contributed by atoms with van der Waals surface area (Å²) >= 11 is 12.5. The van der Waals surface area contributed by atoms with Gasteiger partial charge in [0.15, 0.2) is 11.3 Å². The number of nitrogens with zero attached hydrogens (tertiary/aromatic N) is 5. The van der Waals surface area contributed by atoms with Crippen LogP contribution in [0, 0.1) is 23.2 Å². The highest BCUT2D eigenvalue weighted by Gasteiger charge is 2.23. The lowest BCUT2D eigenvalue weighted by molar-refractivity contribution is 0.386. The van der Waals surface area contributed by atoms with Crippen molar-refractivity contribution >= 4 is 39.9 Å². The van der Waals surface area contributed by atoms with Gasteiger partial charge in [-0.25, -0.2) is 14.6 Å².